The first kappa shape index (κ1) is 9.15. The van der Waals surface area contributed by atoms with Crippen LogP contribution in [0.4, 0.5) is 0 Å². The third-order valence-corrected chi connectivity index (χ3v) is 2.14. The van der Waals surface area contributed by atoms with E-state index in [9.17, 15) is 0 Å². The zero-order chi connectivity index (χ0) is 9.97. The largest absolute Gasteiger partial charge is 0.319 e. The molecule has 0 bridgehead atoms. The van der Waals surface area contributed by atoms with Gasteiger partial charge in [-0.1, -0.05) is 0 Å². The lowest BCUT2D eigenvalue weighted by atomic mass is 10.3. The number of likely N-dealkylation sites (N-methyl/N-ethyl adjacent to an activating group) is 1. The zero-order valence-electron chi connectivity index (χ0n) is 8.49. The summed E-state index contributed by atoms with van der Waals surface area (Å²) in [5.41, 5.74) is 2.14. The maximum Gasteiger partial charge on any atom is 0.155 e. The number of aryl methyl sites for hydroxylation is 1. The monoisotopic (exact) mass is 190 g/mol. The summed E-state index contributed by atoms with van der Waals surface area (Å²) in [5.74, 6) is 0.893. The third kappa shape index (κ3) is 1.75. The highest BCUT2D eigenvalue weighted by atomic mass is 15.3. The van der Waals surface area contributed by atoms with E-state index in [1.807, 2.05) is 29.9 Å². The molecule has 0 saturated heterocycles. The fourth-order valence-electron chi connectivity index (χ4n) is 1.37. The van der Waals surface area contributed by atoms with Crippen molar-refractivity contribution in [2.45, 2.75) is 13.3 Å². The molecule has 0 saturated carbocycles. The number of aromatic nitrogens is 3. The van der Waals surface area contributed by atoms with Gasteiger partial charge >= 0.3 is 0 Å². The normalized spacial score (nSPS) is 11.0. The van der Waals surface area contributed by atoms with Crippen LogP contribution in [0.5, 0.6) is 0 Å². The van der Waals surface area contributed by atoms with Gasteiger partial charge in [-0.25, -0.2) is 9.50 Å². The third-order valence-electron chi connectivity index (χ3n) is 2.14. The Kier molecular flexibility index (Phi) is 2.45. The molecular weight excluding hydrogens is 176 g/mol. The lowest BCUT2D eigenvalue weighted by Gasteiger charge is -1.91. The summed E-state index contributed by atoms with van der Waals surface area (Å²) in [6.07, 6.45) is 2.82. The zero-order valence-corrected chi connectivity index (χ0v) is 8.49. The highest BCUT2D eigenvalue weighted by molar-refractivity contribution is 5.39. The summed E-state index contributed by atoms with van der Waals surface area (Å²) in [5, 5.41) is 7.44. The van der Waals surface area contributed by atoms with E-state index < -0.39 is 0 Å². The molecule has 0 aliphatic heterocycles. The minimum Gasteiger partial charge on any atom is -0.319 e. The number of fused-ring (bicyclic) bond motifs is 1. The Morgan fingerprint density at radius 2 is 2.36 bits per heavy atom. The topological polar surface area (TPSA) is 42.2 Å². The van der Waals surface area contributed by atoms with Crippen molar-refractivity contribution in [3.63, 3.8) is 0 Å². The molecule has 0 aliphatic carbocycles. The highest BCUT2D eigenvalue weighted by Crippen LogP contribution is 2.04. The maximum atomic E-state index is 4.42. The molecule has 0 radical (unpaired) electrons. The van der Waals surface area contributed by atoms with Crippen molar-refractivity contribution >= 4 is 5.65 Å². The second-order valence-electron chi connectivity index (χ2n) is 3.39. The van der Waals surface area contributed by atoms with Crippen LogP contribution in [0.2, 0.25) is 0 Å². The van der Waals surface area contributed by atoms with Crippen LogP contribution < -0.4 is 5.32 Å². The molecule has 74 valence electrons. The molecule has 2 aromatic rings. The number of pyridine rings is 1. The molecule has 0 fully saturated rings. The average Bonchev–Trinajstić information content (AvgIpc) is 2.56. The van der Waals surface area contributed by atoms with Crippen molar-refractivity contribution in [3.05, 3.63) is 29.7 Å². The predicted octanol–water partition coefficient (Wildman–Crippen LogP) is 0.800. The van der Waals surface area contributed by atoms with Crippen molar-refractivity contribution in [1.29, 1.82) is 0 Å². The SMILES string of the molecule is CNCCc1nc2cc(C)ccn2n1. The van der Waals surface area contributed by atoms with Crippen molar-refractivity contribution in [3.8, 4) is 0 Å². The van der Waals surface area contributed by atoms with Crippen molar-refractivity contribution in [2.24, 2.45) is 0 Å². The molecule has 0 atom stereocenters. The minimum atomic E-state index is 0.872. The van der Waals surface area contributed by atoms with E-state index in [-0.39, 0.29) is 0 Å². The first-order valence-corrected chi connectivity index (χ1v) is 4.76. The summed E-state index contributed by atoms with van der Waals surface area (Å²) in [6, 6.07) is 4.07. The summed E-state index contributed by atoms with van der Waals surface area (Å²) in [7, 11) is 1.93. The lowest BCUT2D eigenvalue weighted by Crippen LogP contribution is -2.11. The van der Waals surface area contributed by atoms with Gasteiger partial charge in [0.1, 0.15) is 0 Å². The van der Waals surface area contributed by atoms with Gasteiger partial charge in [-0.2, -0.15) is 5.10 Å². The Morgan fingerprint density at radius 3 is 3.14 bits per heavy atom. The maximum absolute atomic E-state index is 4.42. The van der Waals surface area contributed by atoms with Crippen molar-refractivity contribution < 1.29 is 0 Å². The van der Waals surface area contributed by atoms with E-state index in [1.165, 1.54) is 5.56 Å². The first-order valence-electron chi connectivity index (χ1n) is 4.76. The van der Waals surface area contributed by atoms with E-state index in [4.69, 9.17) is 0 Å². The van der Waals surface area contributed by atoms with Crippen LogP contribution in [0, 0.1) is 6.92 Å². The fraction of sp³-hybridized carbons (Fsp3) is 0.400. The molecule has 0 aromatic carbocycles. The van der Waals surface area contributed by atoms with Gasteiger partial charge in [0.05, 0.1) is 0 Å². The van der Waals surface area contributed by atoms with Gasteiger partial charge < -0.3 is 5.32 Å². The molecule has 1 N–H and O–H groups in total. The quantitative estimate of drug-likeness (QED) is 0.778. The number of hydrogen-bond acceptors (Lipinski definition) is 3. The summed E-state index contributed by atoms with van der Waals surface area (Å²) >= 11 is 0. The Labute approximate surface area is 83.0 Å². The van der Waals surface area contributed by atoms with Crippen LogP contribution in [0.15, 0.2) is 18.3 Å². The number of nitrogens with zero attached hydrogens (tertiary/aromatic N) is 3. The Bertz CT molecular complexity index is 433. The van der Waals surface area contributed by atoms with Crippen LogP contribution in [0.3, 0.4) is 0 Å². The fourth-order valence-corrected chi connectivity index (χ4v) is 1.37. The van der Waals surface area contributed by atoms with Gasteiger partial charge in [0.25, 0.3) is 0 Å². The number of rotatable bonds is 3. The minimum absolute atomic E-state index is 0.872. The molecule has 0 aliphatic rings. The summed E-state index contributed by atoms with van der Waals surface area (Å²) in [6.45, 7) is 2.97. The Balaban J connectivity index is 2.32. The molecule has 14 heavy (non-hydrogen) atoms. The number of hydrogen-bond donors (Lipinski definition) is 1. The van der Waals surface area contributed by atoms with E-state index in [2.05, 4.69) is 22.3 Å². The van der Waals surface area contributed by atoms with Gasteiger partial charge in [-0.3, -0.25) is 0 Å². The molecule has 4 nitrogen and oxygen atoms in total. The van der Waals surface area contributed by atoms with Crippen LogP contribution in [0.25, 0.3) is 5.65 Å². The molecule has 0 spiro atoms. The van der Waals surface area contributed by atoms with Crippen molar-refractivity contribution in [2.75, 3.05) is 13.6 Å². The highest BCUT2D eigenvalue weighted by Gasteiger charge is 2.01. The van der Waals surface area contributed by atoms with Crippen molar-refractivity contribution in [1.82, 2.24) is 19.9 Å². The van der Waals surface area contributed by atoms with Crippen LogP contribution in [0.1, 0.15) is 11.4 Å². The molecule has 2 aromatic heterocycles. The molecule has 0 unspecified atom stereocenters. The summed E-state index contributed by atoms with van der Waals surface area (Å²) < 4.78 is 1.82. The van der Waals surface area contributed by atoms with E-state index in [0.29, 0.717) is 0 Å². The lowest BCUT2D eigenvalue weighted by molar-refractivity contribution is 0.751. The number of nitrogens with one attached hydrogen (secondary N) is 1. The van der Waals surface area contributed by atoms with E-state index in [1.54, 1.807) is 0 Å². The molecular formula is C10H14N4. The van der Waals surface area contributed by atoms with Gasteiger partial charge in [-0.15, -0.1) is 0 Å². The summed E-state index contributed by atoms with van der Waals surface area (Å²) in [4.78, 5) is 4.42. The first-order chi connectivity index (χ1) is 6.79. The Morgan fingerprint density at radius 1 is 1.50 bits per heavy atom. The molecule has 2 rings (SSSR count). The smallest absolute Gasteiger partial charge is 0.155 e. The molecule has 4 heteroatoms. The standard InChI is InChI=1S/C10H14N4/c1-8-4-6-14-10(7-8)12-9(13-14)3-5-11-2/h4,6-7,11H,3,5H2,1-2H3. The Hall–Kier alpha value is -1.42. The van der Waals surface area contributed by atoms with Crippen LogP contribution >= 0.6 is 0 Å². The van der Waals surface area contributed by atoms with Gasteiger partial charge in [-0.05, 0) is 31.7 Å². The van der Waals surface area contributed by atoms with Gasteiger partial charge in [0.15, 0.2) is 11.5 Å². The second-order valence-corrected chi connectivity index (χ2v) is 3.39. The van der Waals surface area contributed by atoms with Gasteiger partial charge in [0, 0.05) is 19.2 Å². The van der Waals surface area contributed by atoms with Crippen LogP contribution in [-0.4, -0.2) is 28.2 Å². The van der Waals surface area contributed by atoms with Gasteiger partial charge in [0.2, 0.25) is 0 Å². The van der Waals surface area contributed by atoms with E-state index in [0.717, 1.165) is 24.4 Å². The predicted molar refractivity (Wildman–Crippen MR) is 55.4 cm³/mol. The molecule has 0 amide bonds. The second kappa shape index (κ2) is 3.75. The van der Waals surface area contributed by atoms with Crippen LogP contribution in [-0.2, 0) is 6.42 Å². The molecule has 2 heterocycles. The average molecular weight is 190 g/mol. The van der Waals surface area contributed by atoms with E-state index >= 15 is 0 Å².